The fraction of sp³-hybridized carbons (Fsp3) is 0.364. The summed E-state index contributed by atoms with van der Waals surface area (Å²) in [6.07, 6.45) is -0.0553. The van der Waals surface area contributed by atoms with Gasteiger partial charge in [-0.1, -0.05) is 0 Å². The summed E-state index contributed by atoms with van der Waals surface area (Å²) in [5, 5.41) is 2.66. The number of fused-ring (bicyclic) bond motifs is 1. The zero-order valence-corrected chi connectivity index (χ0v) is 10.8. The SMILES string of the molecule is COP(O)CC(=O)Nc1ccc2c(c1)OCCO2. The molecule has 0 bridgehead atoms. The van der Waals surface area contributed by atoms with Crippen molar-refractivity contribution in [1.82, 2.24) is 0 Å². The lowest BCUT2D eigenvalue weighted by Crippen LogP contribution is -2.17. The zero-order chi connectivity index (χ0) is 13.0. The van der Waals surface area contributed by atoms with Crippen LogP contribution in [0.4, 0.5) is 5.69 Å². The molecule has 1 aromatic rings. The van der Waals surface area contributed by atoms with Crippen LogP contribution in [0.15, 0.2) is 18.2 Å². The summed E-state index contributed by atoms with van der Waals surface area (Å²) in [6, 6.07) is 5.15. The number of carbonyl (C=O) groups is 1. The van der Waals surface area contributed by atoms with E-state index in [-0.39, 0.29) is 12.1 Å². The number of ether oxygens (including phenoxy) is 2. The largest absolute Gasteiger partial charge is 0.486 e. The van der Waals surface area contributed by atoms with Gasteiger partial charge in [-0.15, -0.1) is 0 Å². The first-order valence-corrected chi connectivity index (χ1v) is 6.79. The third kappa shape index (κ3) is 3.32. The lowest BCUT2D eigenvalue weighted by molar-refractivity contribution is -0.114. The van der Waals surface area contributed by atoms with E-state index in [9.17, 15) is 9.69 Å². The Labute approximate surface area is 106 Å². The molecule has 6 nitrogen and oxygen atoms in total. The number of amides is 1. The van der Waals surface area contributed by atoms with Gasteiger partial charge in [0, 0.05) is 18.9 Å². The van der Waals surface area contributed by atoms with Crippen molar-refractivity contribution in [1.29, 1.82) is 0 Å². The van der Waals surface area contributed by atoms with Crippen molar-refractivity contribution in [2.24, 2.45) is 0 Å². The van der Waals surface area contributed by atoms with Crippen LogP contribution < -0.4 is 14.8 Å². The first-order valence-electron chi connectivity index (χ1n) is 5.39. The van der Waals surface area contributed by atoms with Crippen LogP contribution in [0.25, 0.3) is 0 Å². The Morgan fingerprint density at radius 3 is 2.89 bits per heavy atom. The molecule has 7 heteroatoms. The highest BCUT2D eigenvalue weighted by molar-refractivity contribution is 7.47. The minimum atomic E-state index is -1.69. The molecule has 0 spiro atoms. The summed E-state index contributed by atoms with van der Waals surface area (Å²) in [5.41, 5.74) is 0.601. The molecule has 1 aliphatic heterocycles. The van der Waals surface area contributed by atoms with Crippen LogP contribution >= 0.6 is 8.38 Å². The molecule has 18 heavy (non-hydrogen) atoms. The van der Waals surface area contributed by atoms with Crippen molar-refractivity contribution in [3.8, 4) is 11.5 Å². The number of nitrogens with one attached hydrogen (secondary N) is 1. The van der Waals surface area contributed by atoms with Gasteiger partial charge < -0.3 is 24.2 Å². The van der Waals surface area contributed by atoms with Crippen LogP contribution in [-0.4, -0.2) is 37.3 Å². The standard InChI is InChI=1S/C11H14NO5P/c1-15-18(14)7-11(13)12-8-2-3-9-10(6-8)17-5-4-16-9/h2-3,6,14H,4-5,7H2,1H3,(H,12,13). The van der Waals surface area contributed by atoms with Gasteiger partial charge in [0.25, 0.3) is 0 Å². The Morgan fingerprint density at radius 2 is 2.17 bits per heavy atom. The number of hydrogen-bond acceptors (Lipinski definition) is 5. The topological polar surface area (TPSA) is 77.0 Å². The maximum Gasteiger partial charge on any atom is 0.233 e. The number of anilines is 1. The van der Waals surface area contributed by atoms with Crippen LogP contribution in [0.1, 0.15) is 0 Å². The maximum absolute atomic E-state index is 11.5. The molecule has 0 fully saturated rings. The summed E-state index contributed by atoms with van der Waals surface area (Å²) in [5.74, 6) is 0.972. The van der Waals surface area contributed by atoms with Gasteiger partial charge in [-0.25, -0.2) is 0 Å². The van der Waals surface area contributed by atoms with E-state index < -0.39 is 8.38 Å². The van der Waals surface area contributed by atoms with Gasteiger partial charge in [0.1, 0.15) is 13.2 Å². The van der Waals surface area contributed by atoms with Crippen LogP contribution in [0.5, 0.6) is 11.5 Å². The van der Waals surface area contributed by atoms with Gasteiger partial charge in [-0.3, -0.25) is 4.79 Å². The fourth-order valence-electron chi connectivity index (χ4n) is 1.51. The van der Waals surface area contributed by atoms with Crippen molar-refractivity contribution in [3.05, 3.63) is 18.2 Å². The van der Waals surface area contributed by atoms with Crippen LogP contribution in [0.3, 0.4) is 0 Å². The number of carbonyl (C=O) groups excluding carboxylic acids is 1. The molecule has 2 rings (SSSR count). The van der Waals surface area contributed by atoms with Crippen LogP contribution in [0.2, 0.25) is 0 Å². The third-order valence-corrected chi connectivity index (χ3v) is 3.29. The summed E-state index contributed by atoms with van der Waals surface area (Å²) in [7, 11) is -0.327. The normalized spacial score (nSPS) is 15.0. The molecule has 0 saturated heterocycles. The van der Waals surface area contributed by atoms with Crippen molar-refractivity contribution in [2.45, 2.75) is 0 Å². The third-order valence-electron chi connectivity index (χ3n) is 2.32. The summed E-state index contributed by atoms with van der Waals surface area (Å²) in [6.45, 7) is 1.03. The Bertz CT molecular complexity index is 439. The second-order valence-corrected chi connectivity index (χ2v) is 4.99. The molecule has 1 atom stereocenters. The molecule has 1 aliphatic rings. The monoisotopic (exact) mass is 271 g/mol. The summed E-state index contributed by atoms with van der Waals surface area (Å²) in [4.78, 5) is 20.8. The lowest BCUT2D eigenvalue weighted by atomic mass is 10.2. The van der Waals surface area contributed by atoms with E-state index in [0.717, 1.165) is 0 Å². The van der Waals surface area contributed by atoms with E-state index >= 15 is 0 Å². The summed E-state index contributed by atoms with van der Waals surface area (Å²) >= 11 is 0. The number of benzene rings is 1. The fourth-order valence-corrected chi connectivity index (χ4v) is 1.96. The Hall–Kier alpha value is -1.36. The zero-order valence-electron chi connectivity index (χ0n) is 9.88. The average Bonchev–Trinajstić information content (AvgIpc) is 2.38. The van der Waals surface area contributed by atoms with Gasteiger partial charge in [-0.2, -0.15) is 0 Å². The van der Waals surface area contributed by atoms with Gasteiger partial charge in [0.15, 0.2) is 19.9 Å². The molecule has 0 saturated carbocycles. The van der Waals surface area contributed by atoms with Gasteiger partial charge in [0.2, 0.25) is 5.91 Å². The molecular formula is C11H14NO5P. The van der Waals surface area contributed by atoms with E-state index in [4.69, 9.17) is 9.47 Å². The maximum atomic E-state index is 11.5. The minimum Gasteiger partial charge on any atom is -0.486 e. The molecule has 98 valence electrons. The number of hydrogen-bond donors (Lipinski definition) is 2. The molecule has 1 unspecified atom stereocenters. The average molecular weight is 271 g/mol. The molecule has 0 aliphatic carbocycles. The molecule has 0 radical (unpaired) electrons. The lowest BCUT2D eigenvalue weighted by Gasteiger charge is -2.19. The van der Waals surface area contributed by atoms with E-state index in [1.165, 1.54) is 7.11 Å². The van der Waals surface area contributed by atoms with E-state index in [0.29, 0.717) is 30.4 Å². The predicted molar refractivity (Wildman–Crippen MR) is 67.1 cm³/mol. The van der Waals surface area contributed by atoms with E-state index in [1.807, 2.05) is 0 Å². The van der Waals surface area contributed by atoms with Crippen molar-refractivity contribution in [2.75, 3.05) is 31.8 Å². The molecule has 1 heterocycles. The highest BCUT2D eigenvalue weighted by atomic mass is 31.2. The second kappa shape index (κ2) is 6.00. The smallest absolute Gasteiger partial charge is 0.233 e. The molecule has 0 aromatic heterocycles. The molecule has 2 N–H and O–H groups in total. The van der Waals surface area contributed by atoms with Crippen molar-refractivity contribution in [3.63, 3.8) is 0 Å². The highest BCUT2D eigenvalue weighted by Gasteiger charge is 2.14. The van der Waals surface area contributed by atoms with Crippen molar-refractivity contribution >= 4 is 20.0 Å². The quantitative estimate of drug-likeness (QED) is 0.808. The van der Waals surface area contributed by atoms with Gasteiger partial charge in [-0.05, 0) is 12.1 Å². The molecular weight excluding hydrogens is 257 g/mol. The van der Waals surface area contributed by atoms with Gasteiger partial charge in [0.05, 0.1) is 6.16 Å². The molecule has 1 amide bonds. The Balaban J connectivity index is 1.99. The summed E-state index contributed by atoms with van der Waals surface area (Å²) < 4.78 is 15.4. The minimum absolute atomic E-state index is 0.0553. The first kappa shape index (κ1) is 13.1. The Morgan fingerprint density at radius 1 is 1.44 bits per heavy atom. The van der Waals surface area contributed by atoms with Crippen molar-refractivity contribution < 1.29 is 23.7 Å². The Kier molecular flexibility index (Phi) is 4.36. The van der Waals surface area contributed by atoms with E-state index in [2.05, 4.69) is 9.84 Å². The van der Waals surface area contributed by atoms with Gasteiger partial charge >= 0.3 is 0 Å². The van der Waals surface area contributed by atoms with Crippen LogP contribution in [-0.2, 0) is 9.32 Å². The number of rotatable bonds is 4. The van der Waals surface area contributed by atoms with Crippen LogP contribution in [0, 0.1) is 0 Å². The second-order valence-electron chi connectivity index (χ2n) is 3.60. The predicted octanol–water partition coefficient (Wildman–Crippen LogP) is 1.35. The molecule has 1 aromatic carbocycles. The first-order chi connectivity index (χ1) is 8.69. The van der Waals surface area contributed by atoms with E-state index in [1.54, 1.807) is 18.2 Å². The highest BCUT2D eigenvalue weighted by Crippen LogP contribution is 2.33.